The quantitative estimate of drug-likeness (QED) is 0.651. The summed E-state index contributed by atoms with van der Waals surface area (Å²) in [4.78, 5) is 4.46. The van der Waals surface area contributed by atoms with Crippen molar-refractivity contribution in [1.29, 1.82) is 0 Å². The highest BCUT2D eigenvalue weighted by Gasteiger charge is 2.01. The van der Waals surface area contributed by atoms with E-state index < -0.39 is 0 Å². The standard InChI is InChI=1S/C14H15N/c1-3-15-11(2)13-10-6-8-12-7-4-5-9-14(12)13/h4-10H,3H2,1-2H3. The second-order valence-electron chi connectivity index (χ2n) is 3.59. The van der Waals surface area contributed by atoms with Crippen LogP contribution in [0.25, 0.3) is 10.8 Å². The number of fused-ring (bicyclic) bond motifs is 1. The Morgan fingerprint density at radius 3 is 2.60 bits per heavy atom. The minimum absolute atomic E-state index is 0.842. The fourth-order valence-electron chi connectivity index (χ4n) is 1.86. The minimum Gasteiger partial charge on any atom is -0.290 e. The lowest BCUT2D eigenvalue weighted by molar-refractivity contribution is 1.13. The molecule has 0 radical (unpaired) electrons. The second-order valence-corrected chi connectivity index (χ2v) is 3.59. The molecule has 15 heavy (non-hydrogen) atoms. The van der Waals surface area contributed by atoms with E-state index >= 15 is 0 Å². The molecule has 0 fully saturated rings. The van der Waals surface area contributed by atoms with E-state index in [1.807, 2.05) is 0 Å². The Balaban J connectivity index is 2.66. The summed E-state index contributed by atoms with van der Waals surface area (Å²) in [6, 6.07) is 14.8. The molecular weight excluding hydrogens is 182 g/mol. The maximum absolute atomic E-state index is 4.46. The van der Waals surface area contributed by atoms with Gasteiger partial charge in [0.25, 0.3) is 0 Å². The summed E-state index contributed by atoms with van der Waals surface area (Å²) < 4.78 is 0. The maximum atomic E-state index is 4.46. The summed E-state index contributed by atoms with van der Waals surface area (Å²) >= 11 is 0. The fraction of sp³-hybridized carbons (Fsp3) is 0.214. The van der Waals surface area contributed by atoms with Gasteiger partial charge in [-0.2, -0.15) is 0 Å². The molecule has 2 rings (SSSR count). The van der Waals surface area contributed by atoms with Gasteiger partial charge in [0, 0.05) is 17.8 Å². The summed E-state index contributed by atoms with van der Waals surface area (Å²) in [5.41, 5.74) is 2.37. The van der Waals surface area contributed by atoms with Crippen LogP contribution in [0.3, 0.4) is 0 Å². The molecule has 76 valence electrons. The van der Waals surface area contributed by atoms with Gasteiger partial charge in [-0.3, -0.25) is 4.99 Å². The molecule has 1 heteroatoms. The first kappa shape index (κ1) is 9.91. The van der Waals surface area contributed by atoms with E-state index in [0.29, 0.717) is 0 Å². The van der Waals surface area contributed by atoms with E-state index in [0.717, 1.165) is 12.3 Å². The van der Waals surface area contributed by atoms with E-state index in [1.165, 1.54) is 16.3 Å². The van der Waals surface area contributed by atoms with Gasteiger partial charge >= 0.3 is 0 Å². The monoisotopic (exact) mass is 197 g/mol. The number of rotatable bonds is 2. The highest BCUT2D eigenvalue weighted by atomic mass is 14.7. The Hall–Kier alpha value is -1.63. The molecule has 1 nitrogen and oxygen atoms in total. The van der Waals surface area contributed by atoms with Crippen LogP contribution < -0.4 is 0 Å². The Morgan fingerprint density at radius 2 is 1.80 bits per heavy atom. The number of nitrogens with zero attached hydrogens (tertiary/aromatic N) is 1. The first-order valence-corrected chi connectivity index (χ1v) is 5.32. The summed E-state index contributed by atoms with van der Waals surface area (Å²) in [7, 11) is 0. The van der Waals surface area contributed by atoms with Gasteiger partial charge in [-0.25, -0.2) is 0 Å². The molecular formula is C14H15N. The van der Waals surface area contributed by atoms with Gasteiger partial charge in [0.1, 0.15) is 0 Å². The lowest BCUT2D eigenvalue weighted by Gasteiger charge is -2.05. The maximum Gasteiger partial charge on any atom is 0.0395 e. The van der Waals surface area contributed by atoms with Gasteiger partial charge in [0.2, 0.25) is 0 Å². The predicted octanol–water partition coefficient (Wildman–Crippen LogP) is 3.67. The number of benzene rings is 2. The number of aliphatic imine (C=N–C) groups is 1. The molecule has 0 spiro atoms. The number of hydrogen-bond acceptors (Lipinski definition) is 1. The van der Waals surface area contributed by atoms with Crippen LogP contribution in [0, 0.1) is 0 Å². The van der Waals surface area contributed by atoms with Crippen molar-refractivity contribution in [2.24, 2.45) is 4.99 Å². The lowest BCUT2D eigenvalue weighted by Crippen LogP contribution is -1.96. The van der Waals surface area contributed by atoms with Crippen LogP contribution in [-0.4, -0.2) is 12.3 Å². The Morgan fingerprint density at radius 1 is 1.07 bits per heavy atom. The first-order chi connectivity index (χ1) is 7.33. The largest absolute Gasteiger partial charge is 0.290 e. The van der Waals surface area contributed by atoms with Gasteiger partial charge in [0.15, 0.2) is 0 Å². The van der Waals surface area contributed by atoms with Gasteiger partial charge < -0.3 is 0 Å². The highest BCUT2D eigenvalue weighted by molar-refractivity contribution is 6.09. The molecule has 0 aliphatic heterocycles. The fourth-order valence-corrected chi connectivity index (χ4v) is 1.86. The molecule has 0 aliphatic rings. The van der Waals surface area contributed by atoms with Crippen molar-refractivity contribution in [3.8, 4) is 0 Å². The zero-order valence-corrected chi connectivity index (χ0v) is 9.20. The van der Waals surface area contributed by atoms with Crippen LogP contribution in [0.5, 0.6) is 0 Å². The van der Waals surface area contributed by atoms with Crippen molar-refractivity contribution < 1.29 is 0 Å². The Kier molecular flexibility index (Phi) is 2.82. The summed E-state index contributed by atoms with van der Waals surface area (Å²) in [5.74, 6) is 0. The molecule has 0 saturated carbocycles. The predicted molar refractivity (Wildman–Crippen MR) is 66.7 cm³/mol. The molecule has 0 bridgehead atoms. The zero-order valence-electron chi connectivity index (χ0n) is 9.20. The van der Waals surface area contributed by atoms with Crippen molar-refractivity contribution >= 4 is 16.5 Å². The lowest BCUT2D eigenvalue weighted by atomic mass is 10.0. The van der Waals surface area contributed by atoms with Crippen LogP contribution in [-0.2, 0) is 0 Å². The van der Waals surface area contributed by atoms with Crippen molar-refractivity contribution in [2.45, 2.75) is 13.8 Å². The highest BCUT2D eigenvalue weighted by Crippen LogP contribution is 2.19. The molecule has 0 aromatic heterocycles. The average Bonchev–Trinajstić information content (AvgIpc) is 2.28. The van der Waals surface area contributed by atoms with Crippen LogP contribution in [0.1, 0.15) is 19.4 Å². The van der Waals surface area contributed by atoms with Crippen molar-refractivity contribution in [3.63, 3.8) is 0 Å². The van der Waals surface area contributed by atoms with Gasteiger partial charge in [-0.15, -0.1) is 0 Å². The molecule has 0 amide bonds. The number of hydrogen-bond donors (Lipinski definition) is 0. The van der Waals surface area contributed by atoms with Crippen molar-refractivity contribution in [1.82, 2.24) is 0 Å². The summed E-state index contributed by atoms with van der Waals surface area (Å²) in [6.45, 7) is 4.98. The van der Waals surface area contributed by atoms with Gasteiger partial charge in [-0.1, -0.05) is 42.5 Å². The van der Waals surface area contributed by atoms with E-state index in [9.17, 15) is 0 Å². The SMILES string of the molecule is CCN=C(C)c1cccc2ccccc12. The van der Waals surface area contributed by atoms with E-state index in [-0.39, 0.29) is 0 Å². The summed E-state index contributed by atoms with van der Waals surface area (Å²) in [6.07, 6.45) is 0. The van der Waals surface area contributed by atoms with Crippen LogP contribution >= 0.6 is 0 Å². The van der Waals surface area contributed by atoms with Crippen molar-refractivity contribution in [3.05, 3.63) is 48.0 Å². The normalized spacial score (nSPS) is 12.0. The molecule has 0 unspecified atom stereocenters. The third-order valence-electron chi connectivity index (χ3n) is 2.57. The van der Waals surface area contributed by atoms with Gasteiger partial charge in [-0.05, 0) is 24.6 Å². The van der Waals surface area contributed by atoms with Crippen LogP contribution in [0.4, 0.5) is 0 Å². The molecule has 2 aromatic rings. The van der Waals surface area contributed by atoms with E-state index in [4.69, 9.17) is 0 Å². The van der Waals surface area contributed by atoms with E-state index in [2.05, 4.69) is 61.3 Å². The third kappa shape index (κ3) is 1.91. The Bertz CT molecular complexity index is 492. The topological polar surface area (TPSA) is 12.4 Å². The molecule has 2 aromatic carbocycles. The molecule has 0 aliphatic carbocycles. The zero-order chi connectivity index (χ0) is 10.7. The first-order valence-electron chi connectivity index (χ1n) is 5.32. The van der Waals surface area contributed by atoms with Crippen molar-refractivity contribution in [2.75, 3.05) is 6.54 Å². The molecule has 0 heterocycles. The average molecular weight is 197 g/mol. The van der Waals surface area contributed by atoms with E-state index in [1.54, 1.807) is 0 Å². The van der Waals surface area contributed by atoms with Gasteiger partial charge in [0.05, 0.1) is 0 Å². The van der Waals surface area contributed by atoms with Crippen LogP contribution in [0.2, 0.25) is 0 Å². The Labute approximate surface area is 90.5 Å². The van der Waals surface area contributed by atoms with Crippen LogP contribution in [0.15, 0.2) is 47.5 Å². The second kappa shape index (κ2) is 4.26. The molecule has 0 atom stereocenters. The summed E-state index contributed by atoms with van der Waals surface area (Å²) in [5, 5.41) is 2.57. The molecule has 0 saturated heterocycles. The molecule has 0 N–H and O–H groups in total. The minimum atomic E-state index is 0.842. The smallest absolute Gasteiger partial charge is 0.0395 e. The third-order valence-corrected chi connectivity index (χ3v) is 2.57.